The number of likely N-dealkylation sites (tertiary alicyclic amines) is 2. The van der Waals surface area contributed by atoms with Crippen LogP contribution in [0.15, 0.2) is 42.6 Å². The third-order valence-electron chi connectivity index (χ3n) is 6.35. The van der Waals surface area contributed by atoms with Gasteiger partial charge in [0, 0.05) is 32.4 Å². The van der Waals surface area contributed by atoms with E-state index in [4.69, 9.17) is 0 Å². The number of anilines is 1. The summed E-state index contributed by atoms with van der Waals surface area (Å²) in [6.07, 6.45) is 5.42. The number of aromatic nitrogens is 2. The van der Waals surface area contributed by atoms with E-state index in [-0.39, 0.29) is 5.91 Å². The number of piperidine rings is 2. The molecule has 2 aliphatic heterocycles. The van der Waals surface area contributed by atoms with Crippen molar-refractivity contribution in [2.45, 2.75) is 25.2 Å². The van der Waals surface area contributed by atoms with Crippen molar-refractivity contribution in [1.82, 2.24) is 19.6 Å². The molecule has 6 heteroatoms. The summed E-state index contributed by atoms with van der Waals surface area (Å²) in [6.45, 7) is 4.74. The first-order valence-electron chi connectivity index (χ1n) is 10.3. The van der Waals surface area contributed by atoms with Crippen molar-refractivity contribution < 1.29 is 4.79 Å². The Kier molecular flexibility index (Phi) is 5.51. The van der Waals surface area contributed by atoms with Gasteiger partial charge in [0.05, 0.1) is 6.54 Å². The van der Waals surface area contributed by atoms with Crippen molar-refractivity contribution in [3.8, 4) is 0 Å². The zero-order valence-electron chi connectivity index (χ0n) is 17.0. The number of carbonyl (C=O) groups is 1. The molecule has 3 heterocycles. The maximum atomic E-state index is 12.3. The van der Waals surface area contributed by atoms with Crippen LogP contribution in [0.1, 0.15) is 30.7 Å². The molecule has 1 aromatic carbocycles. The van der Waals surface area contributed by atoms with E-state index >= 15 is 0 Å². The van der Waals surface area contributed by atoms with Crippen LogP contribution in [0.2, 0.25) is 0 Å². The first kappa shape index (κ1) is 19.2. The fourth-order valence-electron chi connectivity index (χ4n) is 5.03. The molecule has 4 rings (SSSR count). The molecular weight excluding hydrogens is 350 g/mol. The fraction of sp³-hybridized carbons (Fsp3) is 0.545. The number of likely N-dealkylation sites (N-methyl/N-ethyl adjacent to an activating group) is 1. The van der Waals surface area contributed by atoms with Crippen molar-refractivity contribution in [3.63, 3.8) is 0 Å². The number of nitrogens with one attached hydrogen (secondary N) is 1. The van der Waals surface area contributed by atoms with Crippen LogP contribution in [0.5, 0.6) is 0 Å². The van der Waals surface area contributed by atoms with Crippen LogP contribution in [-0.4, -0.2) is 65.3 Å². The van der Waals surface area contributed by atoms with E-state index in [1.165, 1.54) is 18.5 Å². The van der Waals surface area contributed by atoms with Crippen molar-refractivity contribution in [2.75, 3.05) is 45.1 Å². The normalized spacial score (nSPS) is 23.0. The summed E-state index contributed by atoms with van der Waals surface area (Å²) >= 11 is 0. The highest BCUT2D eigenvalue weighted by atomic mass is 16.2. The molecule has 2 aromatic rings. The molecule has 0 unspecified atom stereocenters. The van der Waals surface area contributed by atoms with Gasteiger partial charge in [-0.3, -0.25) is 14.4 Å². The highest BCUT2D eigenvalue weighted by molar-refractivity contribution is 5.91. The van der Waals surface area contributed by atoms with Gasteiger partial charge in [-0.25, -0.2) is 0 Å². The number of carbonyl (C=O) groups excluding carboxylic acids is 1. The van der Waals surface area contributed by atoms with Gasteiger partial charge in [-0.05, 0) is 56.3 Å². The Balaban J connectivity index is 1.32. The summed E-state index contributed by atoms with van der Waals surface area (Å²) in [5.41, 5.74) is 1.84. The Morgan fingerprint density at radius 2 is 1.93 bits per heavy atom. The Morgan fingerprint density at radius 1 is 1.18 bits per heavy atom. The number of aryl methyl sites for hydroxylation is 1. The Labute approximate surface area is 167 Å². The molecule has 0 saturated carbocycles. The van der Waals surface area contributed by atoms with E-state index in [1.54, 1.807) is 4.68 Å². The van der Waals surface area contributed by atoms with Crippen LogP contribution in [0.4, 0.5) is 5.82 Å². The molecule has 1 amide bonds. The van der Waals surface area contributed by atoms with Gasteiger partial charge in [-0.2, -0.15) is 5.10 Å². The first-order valence-corrected chi connectivity index (χ1v) is 10.3. The minimum Gasteiger partial charge on any atom is -0.308 e. The molecule has 6 nitrogen and oxygen atoms in total. The minimum atomic E-state index is 0.0255. The molecule has 150 valence electrons. The Hall–Kier alpha value is -2.18. The first-order chi connectivity index (χ1) is 13.5. The molecule has 1 atom stereocenters. The quantitative estimate of drug-likeness (QED) is 0.884. The average molecular weight is 382 g/mol. The van der Waals surface area contributed by atoms with Gasteiger partial charge in [-0.15, -0.1) is 0 Å². The number of amides is 1. The molecule has 0 bridgehead atoms. The predicted molar refractivity (Wildman–Crippen MR) is 111 cm³/mol. The van der Waals surface area contributed by atoms with E-state index < -0.39 is 0 Å². The third-order valence-corrected chi connectivity index (χ3v) is 6.35. The lowest BCUT2D eigenvalue weighted by atomic mass is 9.68. The highest BCUT2D eigenvalue weighted by Crippen LogP contribution is 2.44. The molecule has 0 radical (unpaired) electrons. The van der Waals surface area contributed by atoms with Gasteiger partial charge in [0.15, 0.2) is 5.82 Å². The number of hydrogen-bond donors (Lipinski definition) is 1. The van der Waals surface area contributed by atoms with Gasteiger partial charge in [0.1, 0.15) is 0 Å². The summed E-state index contributed by atoms with van der Waals surface area (Å²) in [5, 5.41) is 7.11. The van der Waals surface area contributed by atoms with Gasteiger partial charge in [-0.1, -0.05) is 30.3 Å². The summed E-state index contributed by atoms with van der Waals surface area (Å²) in [5.74, 6) is 1.26. The lowest BCUT2D eigenvalue weighted by Crippen LogP contribution is -2.51. The Bertz CT molecular complexity index is 794. The van der Waals surface area contributed by atoms with E-state index in [0.717, 1.165) is 32.5 Å². The standard InChI is InChI=1S/C22H31N5O/c1-25-15-19(18-6-4-3-5-7-18)14-22(17-25)9-12-27(13-10-22)16-21(28)23-20-8-11-26(2)24-20/h3-8,11,19H,9-10,12-17H2,1-2H3,(H,23,24,28)/t19-/m0/s1. The zero-order chi connectivity index (χ0) is 19.6. The molecule has 2 aliphatic rings. The van der Waals surface area contributed by atoms with Crippen molar-refractivity contribution in [2.24, 2.45) is 12.5 Å². The monoisotopic (exact) mass is 381 g/mol. The van der Waals surface area contributed by atoms with Crippen LogP contribution in [0.3, 0.4) is 0 Å². The van der Waals surface area contributed by atoms with Crippen LogP contribution < -0.4 is 5.32 Å². The minimum absolute atomic E-state index is 0.0255. The smallest absolute Gasteiger partial charge is 0.239 e. The van der Waals surface area contributed by atoms with E-state index in [9.17, 15) is 4.79 Å². The Morgan fingerprint density at radius 3 is 2.61 bits per heavy atom. The number of benzene rings is 1. The number of nitrogens with zero attached hydrogens (tertiary/aromatic N) is 4. The maximum absolute atomic E-state index is 12.3. The lowest BCUT2D eigenvalue weighted by Gasteiger charge is -2.49. The van der Waals surface area contributed by atoms with Gasteiger partial charge in [0.25, 0.3) is 0 Å². The summed E-state index contributed by atoms with van der Waals surface area (Å²) in [4.78, 5) is 17.1. The predicted octanol–water partition coefficient (Wildman–Crippen LogP) is 2.56. The van der Waals surface area contributed by atoms with Gasteiger partial charge >= 0.3 is 0 Å². The van der Waals surface area contributed by atoms with Crippen LogP contribution in [0, 0.1) is 5.41 Å². The van der Waals surface area contributed by atoms with Crippen molar-refractivity contribution in [3.05, 3.63) is 48.2 Å². The SMILES string of the molecule is CN1C[C@@H](c2ccccc2)CC2(CCN(CC(=O)Nc3ccn(C)n3)CC2)C1. The molecule has 1 spiro atoms. The fourth-order valence-corrected chi connectivity index (χ4v) is 5.03. The molecule has 1 aromatic heterocycles. The third kappa shape index (κ3) is 4.45. The number of rotatable bonds is 4. The topological polar surface area (TPSA) is 53.4 Å². The molecular formula is C22H31N5O. The second-order valence-corrected chi connectivity index (χ2v) is 8.71. The van der Waals surface area contributed by atoms with E-state index in [0.29, 0.717) is 23.7 Å². The summed E-state index contributed by atoms with van der Waals surface area (Å²) < 4.78 is 1.70. The summed E-state index contributed by atoms with van der Waals surface area (Å²) in [7, 11) is 4.10. The lowest BCUT2D eigenvalue weighted by molar-refractivity contribution is -0.118. The largest absolute Gasteiger partial charge is 0.308 e. The maximum Gasteiger partial charge on any atom is 0.239 e. The molecule has 1 N–H and O–H groups in total. The average Bonchev–Trinajstić information content (AvgIpc) is 3.08. The van der Waals surface area contributed by atoms with Crippen LogP contribution in [-0.2, 0) is 11.8 Å². The second kappa shape index (κ2) is 8.05. The van der Waals surface area contributed by atoms with E-state index in [1.807, 2.05) is 19.3 Å². The van der Waals surface area contributed by atoms with Crippen molar-refractivity contribution in [1.29, 1.82) is 0 Å². The zero-order valence-corrected chi connectivity index (χ0v) is 17.0. The van der Waals surface area contributed by atoms with E-state index in [2.05, 4.69) is 57.6 Å². The summed E-state index contributed by atoms with van der Waals surface area (Å²) in [6, 6.07) is 12.8. The molecule has 28 heavy (non-hydrogen) atoms. The van der Waals surface area contributed by atoms with Gasteiger partial charge in [0.2, 0.25) is 5.91 Å². The number of hydrogen-bond acceptors (Lipinski definition) is 4. The highest BCUT2D eigenvalue weighted by Gasteiger charge is 2.41. The molecule has 0 aliphatic carbocycles. The molecule has 2 saturated heterocycles. The second-order valence-electron chi connectivity index (χ2n) is 8.71. The molecule has 2 fully saturated rings. The van der Waals surface area contributed by atoms with Gasteiger partial charge < -0.3 is 10.2 Å². The van der Waals surface area contributed by atoms with Crippen molar-refractivity contribution >= 4 is 11.7 Å². The van der Waals surface area contributed by atoms with Crippen LogP contribution in [0.25, 0.3) is 0 Å². The van der Waals surface area contributed by atoms with Crippen LogP contribution >= 0.6 is 0 Å².